The molecule has 0 bridgehead atoms. The maximum absolute atomic E-state index is 11.9. The molecule has 0 radical (unpaired) electrons. The predicted octanol–water partition coefficient (Wildman–Crippen LogP) is 3.40. The van der Waals surface area contributed by atoms with E-state index in [0.29, 0.717) is 36.1 Å². The molecule has 0 unspecified atom stereocenters. The van der Waals surface area contributed by atoms with Crippen molar-refractivity contribution in [1.82, 2.24) is 5.32 Å². The van der Waals surface area contributed by atoms with Crippen molar-refractivity contribution in [2.75, 3.05) is 25.3 Å². The minimum Gasteiger partial charge on any atom is -0.492 e. The van der Waals surface area contributed by atoms with Gasteiger partial charge in [0.2, 0.25) is 6.79 Å². The summed E-state index contributed by atoms with van der Waals surface area (Å²) in [6.45, 7) is 4.87. The molecule has 2 N–H and O–H groups in total. The quantitative estimate of drug-likeness (QED) is 0.742. The number of ether oxygens (including phenoxy) is 4. The van der Waals surface area contributed by atoms with Crippen molar-refractivity contribution < 1.29 is 23.7 Å². The summed E-state index contributed by atoms with van der Waals surface area (Å²) in [6, 6.07) is 12.3. The van der Waals surface area contributed by atoms with E-state index in [1.807, 2.05) is 26.0 Å². The van der Waals surface area contributed by atoms with Crippen LogP contribution in [0.1, 0.15) is 13.8 Å². The number of fused-ring (bicyclic) bond motifs is 1. The monoisotopic (exact) mass is 358 g/mol. The minimum atomic E-state index is -0.295. The molecular weight excluding hydrogens is 336 g/mol. The number of carbonyl (C=O) groups is 1. The normalized spacial score (nSPS) is 12.0. The van der Waals surface area contributed by atoms with E-state index in [4.69, 9.17) is 18.9 Å². The van der Waals surface area contributed by atoms with Gasteiger partial charge in [0.05, 0.1) is 12.6 Å². The van der Waals surface area contributed by atoms with Crippen LogP contribution in [0.3, 0.4) is 0 Å². The van der Waals surface area contributed by atoms with Crippen LogP contribution in [0.2, 0.25) is 0 Å². The average Bonchev–Trinajstić information content (AvgIpc) is 3.08. The van der Waals surface area contributed by atoms with Crippen molar-refractivity contribution >= 4 is 11.7 Å². The van der Waals surface area contributed by atoms with Crippen molar-refractivity contribution in [3.05, 3.63) is 42.5 Å². The zero-order valence-electron chi connectivity index (χ0n) is 14.8. The van der Waals surface area contributed by atoms with Crippen LogP contribution >= 0.6 is 0 Å². The maximum Gasteiger partial charge on any atom is 0.319 e. The molecule has 2 aromatic rings. The fourth-order valence-corrected chi connectivity index (χ4v) is 2.36. The van der Waals surface area contributed by atoms with Crippen molar-refractivity contribution in [3.63, 3.8) is 0 Å². The van der Waals surface area contributed by atoms with Crippen LogP contribution in [-0.4, -0.2) is 32.1 Å². The predicted molar refractivity (Wildman–Crippen MR) is 97.3 cm³/mol. The molecule has 138 valence electrons. The van der Waals surface area contributed by atoms with Gasteiger partial charge in [0, 0.05) is 11.8 Å². The molecule has 3 rings (SSSR count). The molecule has 0 aliphatic carbocycles. The molecule has 1 aliphatic heterocycles. The molecule has 0 fully saturated rings. The second-order valence-corrected chi connectivity index (χ2v) is 5.94. The number of urea groups is 1. The van der Waals surface area contributed by atoms with Crippen molar-refractivity contribution in [3.8, 4) is 23.0 Å². The Hall–Kier alpha value is -3.09. The molecule has 7 nitrogen and oxygen atoms in total. The lowest BCUT2D eigenvalue weighted by molar-refractivity contribution is 0.173. The smallest absolute Gasteiger partial charge is 0.319 e. The van der Waals surface area contributed by atoms with E-state index in [1.54, 1.807) is 30.3 Å². The molecule has 0 aromatic heterocycles. The highest BCUT2D eigenvalue weighted by Gasteiger charge is 2.13. The van der Waals surface area contributed by atoms with Gasteiger partial charge in [-0.3, -0.25) is 0 Å². The van der Waals surface area contributed by atoms with Crippen LogP contribution in [0.25, 0.3) is 0 Å². The Kier molecular flexibility index (Phi) is 5.68. The van der Waals surface area contributed by atoms with Gasteiger partial charge < -0.3 is 29.6 Å². The largest absolute Gasteiger partial charge is 0.492 e. The van der Waals surface area contributed by atoms with E-state index < -0.39 is 0 Å². The van der Waals surface area contributed by atoms with E-state index in [2.05, 4.69) is 10.6 Å². The Morgan fingerprint density at radius 3 is 2.58 bits per heavy atom. The van der Waals surface area contributed by atoms with Crippen LogP contribution in [0, 0.1) is 0 Å². The summed E-state index contributed by atoms with van der Waals surface area (Å²) in [5, 5.41) is 5.50. The minimum absolute atomic E-state index is 0.113. The highest BCUT2D eigenvalue weighted by Crippen LogP contribution is 2.34. The van der Waals surface area contributed by atoms with Crippen molar-refractivity contribution in [2.45, 2.75) is 20.0 Å². The summed E-state index contributed by atoms with van der Waals surface area (Å²) in [7, 11) is 0. The Labute approximate surface area is 152 Å². The first-order valence-corrected chi connectivity index (χ1v) is 8.44. The van der Waals surface area contributed by atoms with Crippen molar-refractivity contribution in [2.24, 2.45) is 0 Å². The first-order chi connectivity index (χ1) is 12.6. The highest BCUT2D eigenvalue weighted by molar-refractivity contribution is 5.89. The third-order valence-electron chi connectivity index (χ3n) is 3.48. The van der Waals surface area contributed by atoms with Gasteiger partial charge in [-0.15, -0.1) is 0 Å². The molecule has 0 saturated heterocycles. The Morgan fingerprint density at radius 1 is 1.08 bits per heavy atom. The van der Waals surface area contributed by atoms with Gasteiger partial charge in [0.15, 0.2) is 11.5 Å². The Morgan fingerprint density at radius 2 is 1.81 bits per heavy atom. The van der Waals surface area contributed by atoms with E-state index in [1.165, 1.54) is 0 Å². The fraction of sp³-hybridized carbons (Fsp3) is 0.316. The van der Waals surface area contributed by atoms with Crippen LogP contribution in [0.15, 0.2) is 42.5 Å². The van der Waals surface area contributed by atoms with Gasteiger partial charge in [-0.2, -0.15) is 0 Å². The summed E-state index contributed by atoms with van der Waals surface area (Å²) in [5.74, 6) is 2.80. The van der Waals surface area contributed by atoms with Gasteiger partial charge in [0.1, 0.15) is 18.1 Å². The average molecular weight is 358 g/mol. The van der Waals surface area contributed by atoms with Crippen molar-refractivity contribution in [1.29, 1.82) is 0 Å². The lowest BCUT2D eigenvalue weighted by Gasteiger charge is -2.11. The number of anilines is 1. The SMILES string of the molecule is CC(C)Oc1ccc(NC(=O)NCCOc2ccc3c(c2)OCO3)cc1. The number of hydrogen-bond donors (Lipinski definition) is 2. The van der Waals surface area contributed by atoms with Crippen LogP contribution in [0.5, 0.6) is 23.0 Å². The zero-order valence-corrected chi connectivity index (χ0v) is 14.8. The standard InChI is InChI=1S/C19H22N2O5/c1-13(2)26-15-5-3-14(4-6-15)21-19(22)20-9-10-23-16-7-8-17-18(11-16)25-12-24-17/h3-8,11,13H,9-10,12H2,1-2H3,(H2,20,21,22). The Balaban J connectivity index is 1.37. The molecule has 1 heterocycles. The van der Waals surface area contributed by atoms with E-state index in [-0.39, 0.29) is 18.9 Å². The number of rotatable bonds is 7. The van der Waals surface area contributed by atoms with Crippen LogP contribution < -0.4 is 29.6 Å². The fourth-order valence-electron chi connectivity index (χ4n) is 2.36. The third kappa shape index (κ3) is 4.95. The molecule has 7 heteroatoms. The van der Waals surface area contributed by atoms with Crippen LogP contribution in [-0.2, 0) is 0 Å². The van der Waals surface area contributed by atoms with Gasteiger partial charge in [-0.1, -0.05) is 0 Å². The molecule has 0 saturated carbocycles. The van der Waals surface area contributed by atoms with Gasteiger partial charge in [-0.25, -0.2) is 4.79 Å². The summed E-state index contributed by atoms with van der Waals surface area (Å²) in [6.07, 6.45) is 0.113. The first kappa shape index (κ1) is 17.7. The molecular formula is C19H22N2O5. The topological polar surface area (TPSA) is 78.1 Å². The van der Waals surface area contributed by atoms with Gasteiger partial charge in [0.25, 0.3) is 0 Å². The Bertz CT molecular complexity index is 746. The lowest BCUT2D eigenvalue weighted by atomic mass is 10.3. The second-order valence-electron chi connectivity index (χ2n) is 5.94. The number of benzene rings is 2. The molecule has 0 atom stereocenters. The first-order valence-electron chi connectivity index (χ1n) is 8.44. The number of amides is 2. The summed E-state index contributed by atoms with van der Waals surface area (Å²) in [5.41, 5.74) is 0.690. The van der Waals surface area contributed by atoms with Gasteiger partial charge >= 0.3 is 6.03 Å². The summed E-state index contributed by atoms with van der Waals surface area (Å²) < 4.78 is 21.7. The second kappa shape index (κ2) is 8.33. The van der Waals surface area contributed by atoms with Crippen LogP contribution in [0.4, 0.5) is 10.5 Å². The summed E-state index contributed by atoms with van der Waals surface area (Å²) in [4.78, 5) is 11.9. The highest BCUT2D eigenvalue weighted by atomic mass is 16.7. The molecule has 0 spiro atoms. The lowest BCUT2D eigenvalue weighted by Crippen LogP contribution is -2.32. The third-order valence-corrected chi connectivity index (χ3v) is 3.48. The molecule has 1 aliphatic rings. The number of nitrogens with one attached hydrogen (secondary N) is 2. The number of carbonyl (C=O) groups excluding carboxylic acids is 1. The summed E-state index contributed by atoms with van der Waals surface area (Å²) >= 11 is 0. The van der Waals surface area contributed by atoms with Gasteiger partial charge in [-0.05, 0) is 50.2 Å². The molecule has 26 heavy (non-hydrogen) atoms. The zero-order chi connectivity index (χ0) is 18.4. The molecule has 2 aromatic carbocycles. The number of hydrogen-bond acceptors (Lipinski definition) is 5. The molecule has 2 amide bonds. The van der Waals surface area contributed by atoms with E-state index >= 15 is 0 Å². The van der Waals surface area contributed by atoms with E-state index in [0.717, 1.165) is 5.75 Å². The van der Waals surface area contributed by atoms with E-state index in [9.17, 15) is 4.79 Å². The maximum atomic E-state index is 11.9.